The largest absolute Gasteiger partial charge is 0.392 e. The SMILES string of the molecule is CC(C)n1ncnc1CC(O)C1CCC(C(F)(F)F)CC1. The first kappa shape index (κ1) is 16.3. The maximum absolute atomic E-state index is 12.6. The molecule has 7 heteroatoms. The van der Waals surface area contributed by atoms with E-state index in [1.165, 1.54) is 6.33 Å². The fourth-order valence-corrected chi connectivity index (χ4v) is 3.04. The van der Waals surface area contributed by atoms with Crippen LogP contribution in [-0.2, 0) is 6.42 Å². The molecule has 4 nitrogen and oxygen atoms in total. The Bertz CT molecular complexity index is 451. The van der Waals surface area contributed by atoms with E-state index in [-0.39, 0.29) is 24.8 Å². The molecule has 1 N–H and O–H groups in total. The Morgan fingerprint density at radius 2 is 1.90 bits per heavy atom. The number of aromatic nitrogens is 3. The van der Waals surface area contributed by atoms with Crippen LogP contribution in [-0.4, -0.2) is 32.2 Å². The Kier molecular flexibility index (Phi) is 4.91. The summed E-state index contributed by atoms with van der Waals surface area (Å²) in [7, 11) is 0. The number of hydrogen-bond acceptors (Lipinski definition) is 3. The van der Waals surface area contributed by atoms with Crippen molar-refractivity contribution in [2.24, 2.45) is 11.8 Å². The minimum absolute atomic E-state index is 0.0825. The van der Waals surface area contributed by atoms with Crippen LogP contribution in [0.15, 0.2) is 6.33 Å². The molecule has 0 amide bonds. The Morgan fingerprint density at radius 3 is 2.43 bits per heavy atom. The molecule has 1 aromatic heterocycles. The number of rotatable bonds is 4. The van der Waals surface area contributed by atoms with Gasteiger partial charge in [-0.2, -0.15) is 18.3 Å². The van der Waals surface area contributed by atoms with Crippen molar-refractivity contribution in [2.45, 2.75) is 64.3 Å². The molecular weight excluding hydrogens is 283 g/mol. The molecule has 1 heterocycles. The molecule has 0 radical (unpaired) electrons. The molecule has 0 spiro atoms. The molecule has 0 bridgehead atoms. The van der Waals surface area contributed by atoms with Crippen molar-refractivity contribution in [3.05, 3.63) is 12.2 Å². The van der Waals surface area contributed by atoms with Crippen molar-refractivity contribution in [2.75, 3.05) is 0 Å². The normalized spacial score (nSPS) is 25.3. The van der Waals surface area contributed by atoms with E-state index in [2.05, 4.69) is 10.1 Å². The molecule has 1 aliphatic carbocycles. The predicted octanol–water partition coefficient (Wildman–Crippen LogP) is 3.13. The standard InChI is InChI=1S/C14H22F3N3O/c1-9(2)20-13(18-8-19-20)7-12(21)10-3-5-11(6-4-10)14(15,16)17/h8-12,21H,3-7H2,1-2H3. The van der Waals surface area contributed by atoms with E-state index < -0.39 is 18.2 Å². The van der Waals surface area contributed by atoms with Gasteiger partial charge in [-0.15, -0.1) is 0 Å². The Hall–Kier alpha value is -1.11. The summed E-state index contributed by atoms with van der Waals surface area (Å²) >= 11 is 0. The summed E-state index contributed by atoms with van der Waals surface area (Å²) in [6.45, 7) is 3.94. The molecule has 0 aliphatic heterocycles. The van der Waals surface area contributed by atoms with E-state index >= 15 is 0 Å². The van der Waals surface area contributed by atoms with E-state index in [9.17, 15) is 18.3 Å². The zero-order valence-electron chi connectivity index (χ0n) is 12.3. The Labute approximate surface area is 122 Å². The van der Waals surface area contributed by atoms with Crippen molar-refractivity contribution in [3.8, 4) is 0 Å². The highest BCUT2D eigenvalue weighted by Crippen LogP contribution is 2.40. The number of alkyl halides is 3. The Morgan fingerprint density at radius 1 is 1.29 bits per heavy atom. The summed E-state index contributed by atoms with van der Waals surface area (Å²) in [6, 6.07) is 0.149. The highest BCUT2D eigenvalue weighted by atomic mass is 19.4. The Balaban J connectivity index is 1.90. The lowest BCUT2D eigenvalue weighted by molar-refractivity contribution is -0.185. The molecule has 0 saturated heterocycles. The van der Waals surface area contributed by atoms with Gasteiger partial charge in [0.05, 0.1) is 12.0 Å². The van der Waals surface area contributed by atoms with Crippen LogP contribution in [0.2, 0.25) is 0 Å². The summed E-state index contributed by atoms with van der Waals surface area (Å²) in [5, 5.41) is 14.4. The third kappa shape index (κ3) is 3.96. The molecule has 1 aromatic rings. The highest BCUT2D eigenvalue weighted by molar-refractivity contribution is 4.92. The quantitative estimate of drug-likeness (QED) is 0.930. The maximum atomic E-state index is 12.6. The van der Waals surface area contributed by atoms with E-state index in [1.54, 1.807) is 4.68 Å². The van der Waals surface area contributed by atoms with Gasteiger partial charge >= 0.3 is 6.18 Å². The monoisotopic (exact) mass is 305 g/mol. The predicted molar refractivity (Wildman–Crippen MR) is 71.6 cm³/mol. The number of aliphatic hydroxyl groups is 1. The minimum Gasteiger partial charge on any atom is -0.392 e. The summed E-state index contributed by atoms with van der Waals surface area (Å²) in [6.07, 6.45) is -1.90. The smallest absolute Gasteiger partial charge is 0.391 e. The van der Waals surface area contributed by atoms with E-state index in [1.807, 2.05) is 13.8 Å². The van der Waals surface area contributed by atoms with Crippen LogP contribution in [0.4, 0.5) is 13.2 Å². The van der Waals surface area contributed by atoms with Gasteiger partial charge in [-0.25, -0.2) is 9.67 Å². The molecule has 1 saturated carbocycles. The molecule has 21 heavy (non-hydrogen) atoms. The van der Waals surface area contributed by atoms with E-state index in [0.29, 0.717) is 25.1 Å². The van der Waals surface area contributed by atoms with Gasteiger partial charge in [0.2, 0.25) is 0 Å². The third-order valence-electron chi connectivity index (χ3n) is 4.31. The van der Waals surface area contributed by atoms with Crippen LogP contribution >= 0.6 is 0 Å². The highest BCUT2D eigenvalue weighted by Gasteiger charge is 2.42. The topological polar surface area (TPSA) is 50.9 Å². The first-order valence-corrected chi connectivity index (χ1v) is 7.42. The number of halogens is 3. The molecular formula is C14H22F3N3O. The van der Waals surface area contributed by atoms with Crippen molar-refractivity contribution < 1.29 is 18.3 Å². The van der Waals surface area contributed by atoms with Crippen LogP contribution in [0.1, 0.15) is 51.4 Å². The number of hydrogen-bond donors (Lipinski definition) is 1. The van der Waals surface area contributed by atoms with E-state index in [0.717, 1.165) is 0 Å². The lowest BCUT2D eigenvalue weighted by Gasteiger charge is -2.32. The van der Waals surface area contributed by atoms with Gasteiger partial charge in [0, 0.05) is 12.5 Å². The van der Waals surface area contributed by atoms with Gasteiger partial charge < -0.3 is 5.11 Å². The van der Waals surface area contributed by atoms with Crippen molar-refractivity contribution >= 4 is 0 Å². The zero-order valence-corrected chi connectivity index (χ0v) is 12.3. The fraction of sp³-hybridized carbons (Fsp3) is 0.857. The molecule has 0 aromatic carbocycles. The van der Waals surface area contributed by atoms with Crippen LogP contribution in [0.25, 0.3) is 0 Å². The van der Waals surface area contributed by atoms with Crippen LogP contribution in [0.5, 0.6) is 0 Å². The maximum Gasteiger partial charge on any atom is 0.391 e. The zero-order chi connectivity index (χ0) is 15.6. The van der Waals surface area contributed by atoms with Gasteiger partial charge in [-0.1, -0.05) is 0 Å². The van der Waals surface area contributed by atoms with Gasteiger partial charge in [-0.05, 0) is 45.4 Å². The summed E-state index contributed by atoms with van der Waals surface area (Å²) < 4.78 is 39.6. The van der Waals surface area contributed by atoms with E-state index in [4.69, 9.17) is 0 Å². The minimum atomic E-state index is -4.10. The lowest BCUT2D eigenvalue weighted by atomic mass is 9.78. The first-order valence-electron chi connectivity index (χ1n) is 7.42. The second kappa shape index (κ2) is 6.34. The van der Waals surface area contributed by atoms with Crippen LogP contribution < -0.4 is 0 Å². The third-order valence-corrected chi connectivity index (χ3v) is 4.31. The second-order valence-electron chi connectivity index (χ2n) is 6.14. The van der Waals surface area contributed by atoms with Gasteiger partial charge in [0.25, 0.3) is 0 Å². The second-order valence-corrected chi connectivity index (χ2v) is 6.14. The van der Waals surface area contributed by atoms with Crippen molar-refractivity contribution in [3.63, 3.8) is 0 Å². The van der Waals surface area contributed by atoms with Gasteiger partial charge in [0.15, 0.2) is 0 Å². The first-order chi connectivity index (χ1) is 9.79. The molecule has 1 atom stereocenters. The van der Waals surface area contributed by atoms with Gasteiger partial charge in [-0.3, -0.25) is 0 Å². The average molecular weight is 305 g/mol. The summed E-state index contributed by atoms with van der Waals surface area (Å²) in [5.41, 5.74) is 0. The van der Waals surface area contributed by atoms with Crippen molar-refractivity contribution in [1.29, 1.82) is 0 Å². The molecule has 2 rings (SSSR count). The molecule has 1 fully saturated rings. The van der Waals surface area contributed by atoms with Crippen LogP contribution in [0, 0.1) is 11.8 Å². The molecule has 1 aliphatic rings. The lowest BCUT2D eigenvalue weighted by Crippen LogP contribution is -2.33. The fourth-order valence-electron chi connectivity index (χ4n) is 3.04. The molecule has 120 valence electrons. The molecule has 1 unspecified atom stereocenters. The van der Waals surface area contributed by atoms with Crippen molar-refractivity contribution in [1.82, 2.24) is 14.8 Å². The van der Waals surface area contributed by atoms with Gasteiger partial charge in [0.1, 0.15) is 12.2 Å². The number of nitrogens with zero attached hydrogens (tertiary/aromatic N) is 3. The summed E-state index contributed by atoms with van der Waals surface area (Å²) in [4.78, 5) is 4.14. The average Bonchev–Trinajstić information content (AvgIpc) is 2.86. The number of aliphatic hydroxyl groups excluding tert-OH is 1. The summed E-state index contributed by atoms with van der Waals surface area (Å²) in [5.74, 6) is -0.600. The van der Waals surface area contributed by atoms with Crippen LogP contribution in [0.3, 0.4) is 0 Å².